The number of hydrogen-bond donors (Lipinski definition) is 1. The molecule has 1 aliphatic heterocycles. The number of carbonyl (C=O) groups excluding carboxylic acids is 1. The maximum Gasteiger partial charge on any atom is 0.272 e. The summed E-state index contributed by atoms with van der Waals surface area (Å²) in [6, 6.07) is 4.93. The Balaban J connectivity index is 2.33. The summed E-state index contributed by atoms with van der Waals surface area (Å²) in [4.78, 5) is 24.4. The van der Waals surface area contributed by atoms with Crippen LogP contribution in [0.15, 0.2) is 18.2 Å². The standard InChI is InChI=1S/C14H19N3O4/c1-9-4-5-11(6-12(9)17(19)20)14-15-7-13(18)16(14)10(2)8-21-3/h4-6,10,14-15H,7-8H2,1-3H3. The first-order valence-corrected chi connectivity index (χ1v) is 6.74. The monoisotopic (exact) mass is 293 g/mol. The molecule has 21 heavy (non-hydrogen) atoms. The van der Waals surface area contributed by atoms with Gasteiger partial charge in [0.2, 0.25) is 5.91 Å². The van der Waals surface area contributed by atoms with Crippen LogP contribution in [0.4, 0.5) is 5.69 Å². The molecule has 7 nitrogen and oxygen atoms in total. The minimum absolute atomic E-state index is 0.0345. The van der Waals surface area contributed by atoms with E-state index in [1.54, 1.807) is 25.0 Å². The molecule has 2 atom stereocenters. The van der Waals surface area contributed by atoms with E-state index in [4.69, 9.17) is 4.74 Å². The molecule has 0 bridgehead atoms. The number of amides is 1. The summed E-state index contributed by atoms with van der Waals surface area (Å²) in [5.74, 6) is -0.0345. The first-order chi connectivity index (χ1) is 9.95. The third kappa shape index (κ3) is 3.03. The Bertz CT molecular complexity index is 561. The number of nitrogens with zero attached hydrogens (tertiary/aromatic N) is 2. The molecule has 0 aliphatic carbocycles. The molecule has 0 aromatic heterocycles. The van der Waals surface area contributed by atoms with E-state index < -0.39 is 4.92 Å². The van der Waals surface area contributed by atoms with Crippen LogP contribution in [0.1, 0.15) is 24.2 Å². The molecule has 1 heterocycles. The zero-order valence-corrected chi connectivity index (χ0v) is 12.3. The Morgan fingerprint density at radius 2 is 2.29 bits per heavy atom. The van der Waals surface area contributed by atoms with Gasteiger partial charge in [-0.25, -0.2) is 0 Å². The third-order valence-corrected chi connectivity index (χ3v) is 3.64. The lowest BCUT2D eigenvalue weighted by Crippen LogP contribution is -2.40. The molecular formula is C14H19N3O4. The van der Waals surface area contributed by atoms with Gasteiger partial charge in [0, 0.05) is 18.7 Å². The van der Waals surface area contributed by atoms with Gasteiger partial charge in [0.25, 0.3) is 5.69 Å². The van der Waals surface area contributed by atoms with Crippen LogP contribution in [0, 0.1) is 17.0 Å². The number of aryl methyl sites for hydroxylation is 1. The predicted molar refractivity (Wildman–Crippen MR) is 76.8 cm³/mol. The van der Waals surface area contributed by atoms with Crippen molar-refractivity contribution in [3.8, 4) is 0 Å². The van der Waals surface area contributed by atoms with Crippen molar-refractivity contribution in [2.75, 3.05) is 20.3 Å². The van der Waals surface area contributed by atoms with Gasteiger partial charge in [-0.05, 0) is 19.4 Å². The van der Waals surface area contributed by atoms with Crippen molar-refractivity contribution in [2.24, 2.45) is 0 Å². The summed E-state index contributed by atoms with van der Waals surface area (Å²) in [6.07, 6.45) is -0.359. The van der Waals surface area contributed by atoms with Gasteiger partial charge in [-0.1, -0.05) is 12.1 Å². The van der Waals surface area contributed by atoms with Gasteiger partial charge in [0.1, 0.15) is 6.17 Å². The highest BCUT2D eigenvalue weighted by atomic mass is 16.6. The number of rotatable bonds is 5. The van der Waals surface area contributed by atoms with Gasteiger partial charge in [0.05, 0.1) is 24.1 Å². The zero-order valence-electron chi connectivity index (χ0n) is 12.3. The number of carbonyl (C=O) groups is 1. The highest BCUT2D eigenvalue weighted by Gasteiger charge is 2.35. The third-order valence-electron chi connectivity index (χ3n) is 3.64. The molecule has 1 amide bonds. The van der Waals surface area contributed by atoms with Crippen molar-refractivity contribution in [1.82, 2.24) is 10.2 Å². The van der Waals surface area contributed by atoms with Crippen LogP contribution in [-0.2, 0) is 9.53 Å². The fourth-order valence-corrected chi connectivity index (χ4v) is 2.61. The highest BCUT2D eigenvalue weighted by Crippen LogP contribution is 2.29. The fraction of sp³-hybridized carbons (Fsp3) is 0.500. The van der Waals surface area contributed by atoms with Gasteiger partial charge in [-0.3, -0.25) is 20.2 Å². The van der Waals surface area contributed by atoms with Crippen molar-refractivity contribution in [3.63, 3.8) is 0 Å². The number of methoxy groups -OCH3 is 1. The van der Waals surface area contributed by atoms with Gasteiger partial charge in [0.15, 0.2) is 0 Å². The number of hydrogen-bond acceptors (Lipinski definition) is 5. The first kappa shape index (κ1) is 15.4. The summed E-state index contributed by atoms with van der Waals surface area (Å²) < 4.78 is 5.10. The van der Waals surface area contributed by atoms with Crippen molar-refractivity contribution in [2.45, 2.75) is 26.1 Å². The van der Waals surface area contributed by atoms with E-state index in [9.17, 15) is 14.9 Å². The van der Waals surface area contributed by atoms with Gasteiger partial charge in [-0.2, -0.15) is 0 Å². The molecule has 114 valence electrons. The average Bonchev–Trinajstić information content (AvgIpc) is 2.81. The highest BCUT2D eigenvalue weighted by molar-refractivity contribution is 5.81. The maximum atomic E-state index is 12.0. The minimum Gasteiger partial charge on any atom is -0.383 e. The van der Waals surface area contributed by atoms with E-state index in [1.807, 2.05) is 13.0 Å². The second kappa shape index (κ2) is 6.19. The summed E-state index contributed by atoms with van der Waals surface area (Å²) in [6.45, 7) is 4.22. The van der Waals surface area contributed by atoms with Crippen LogP contribution in [0.2, 0.25) is 0 Å². The van der Waals surface area contributed by atoms with E-state index in [2.05, 4.69) is 5.32 Å². The number of ether oxygens (including phenoxy) is 1. The van der Waals surface area contributed by atoms with Crippen LogP contribution >= 0.6 is 0 Å². The van der Waals surface area contributed by atoms with Crippen LogP contribution in [0.3, 0.4) is 0 Å². The summed E-state index contributed by atoms with van der Waals surface area (Å²) in [5.41, 5.74) is 1.37. The molecule has 1 aromatic rings. The van der Waals surface area contributed by atoms with E-state index in [1.165, 1.54) is 6.07 Å². The Hall–Kier alpha value is -1.99. The molecule has 1 N–H and O–H groups in total. The summed E-state index contributed by atoms with van der Waals surface area (Å²) >= 11 is 0. The van der Waals surface area contributed by atoms with E-state index in [-0.39, 0.29) is 30.3 Å². The van der Waals surface area contributed by atoms with E-state index in [0.29, 0.717) is 17.7 Å². The van der Waals surface area contributed by atoms with Crippen LogP contribution in [-0.4, -0.2) is 42.0 Å². The SMILES string of the molecule is COCC(C)N1C(=O)CNC1c1ccc(C)c([N+](=O)[O-])c1. The van der Waals surface area contributed by atoms with Gasteiger partial charge < -0.3 is 9.64 Å². The van der Waals surface area contributed by atoms with E-state index >= 15 is 0 Å². The van der Waals surface area contributed by atoms with Crippen molar-refractivity contribution in [3.05, 3.63) is 39.4 Å². The van der Waals surface area contributed by atoms with Crippen LogP contribution in [0.25, 0.3) is 0 Å². The number of benzene rings is 1. The second-order valence-electron chi connectivity index (χ2n) is 5.19. The van der Waals surface area contributed by atoms with Gasteiger partial charge >= 0.3 is 0 Å². The molecule has 1 fully saturated rings. The smallest absolute Gasteiger partial charge is 0.272 e. The Kier molecular flexibility index (Phi) is 4.54. The van der Waals surface area contributed by atoms with Gasteiger partial charge in [-0.15, -0.1) is 0 Å². The van der Waals surface area contributed by atoms with E-state index in [0.717, 1.165) is 0 Å². The van der Waals surface area contributed by atoms with Crippen LogP contribution < -0.4 is 5.32 Å². The summed E-state index contributed by atoms with van der Waals surface area (Å²) in [5, 5.41) is 14.2. The number of nitro groups is 1. The number of nitrogens with one attached hydrogen (secondary N) is 1. The molecule has 2 rings (SSSR count). The topological polar surface area (TPSA) is 84.7 Å². The molecule has 1 aromatic carbocycles. The fourth-order valence-electron chi connectivity index (χ4n) is 2.61. The largest absolute Gasteiger partial charge is 0.383 e. The number of nitro benzene ring substituents is 1. The summed E-state index contributed by atoms with van der Waals surface area (Å²) in [7, 11) is 1.58. The molecular weight excluding hydrogens is 274 g/mol. The molecule has 0 radical (unpaired) electrons. The Morgan fingerprint density at radius 1 is 1.57 bits per heavy atom. The Labute approximate surface area is 123 Å². The first-order valence-electron chi connectivity index (χ1n) is 6.74. The Morgan fingerprint density at radius 3 is 2.90 bits per heavy atom. The molecule has 0 saturated carbocycles. The normalized spacial score (nSPS) is 19.9. The molecule has 7 heteroatoms. The quantitative estimate of drug-likeness (QED) is 0.654. The maximum absolute atomic E-state index is 12.0. The van der Waals surface area contributed by atoms with Crippen LogP contribution in [0.5, 0.6) is 0 Å². The average molecular weight is 293 g/mol. The lowest BCUT2D eigenvalue weighted by Gasteiger charge is -2.30. The van der Waals surface area contributed by atoms with Crippen molar-refractivity contribution in [1.29, 1.82) is 0 Å². The molecule has 0 spiro atoms. The molecule has 2 unspecified atom stereocenters. The lowest BCUT2D eigenvalue weighted by molar-refractivity contribution is -0.385. The molecule has 1 aliphatic rings. The van der Waals surface area contributed by atoms with Crippen molar-refractivity contribution >= 4 is 11.6 Å². The molecule has 1 saturated heterocycles. The van der Waals surface area contributed by atoms with Crippen molar-refractivity contribution < 1.29 is 14.5 Å². The second-order valence-corrected chi connectivity index (χ2v) is 5.19. The predicted octanol–water partition coefficient (Wildman–Crippen LogP) is 1.37. The lowest BCUT2D eigenvalue weighted by atomic mass is 10.1. The minimum atomic E-state index is -0.404. The zero-order chi connectivity index (χ0) is 15.6.